The van der Waals surface area contributed by atoms with Gasteiger partial charge in [-0.15, -0.1) is 10.2 Å². The Balaban J connectivity index is 1.77. The van der Waals surface area contributed by atoms with Crippen LogP contribution in [0.4, 0.5) is 13.2 Å². The van der Waals surface area contributed by atoms with Crippen LogP contribution in [0.25, 0.3) is 0 Å². The van der Waals surface area contributed by atoms with E-state index in [4.69, 9.17) is 4.74 Å². The Hall–Kier alpha value is -2.99. The lowest BCUT2D eigenvalue weighted by Crippen LogP contribution is -2.32. The fourth-order valence-electron chi connectivity index (χ4n) is 2.87. The Bertz CT molecular complexity index is 989. The number of H-pyrrole nitrogens is 1. The second kappa shape index (κ2) is 9.88. The minimum absolute atomic E-state index is 0.177. The van der Waals surface area contributed by atoms with Gasteiger partial charge in [-0.25, -0.2) is 0 Å². The van der Waals surface area contributed by atoms with Crippen molar-refractivity contribution in [1.29, 1.82) is 0 Å². The highest BCUT2D eigenvalue weighted by Crippen LogP contribution is 2.34. The summed E-state index contributed by atoms with van der Waals surface area (Å²) in [4.78, 5) is 16.8. The second-order valence-electron chi connectivity index (χ2n) is 6.58. The van der Waals surface area contributed by atoms with Crippen LogP contribution in [0, 0.1) is 5.92 Å². The van der Waals surface area contributed by atoms with Crippen molar-refractivity contribution >= 4 is 17.7 Å². The summed E-state index contributed by atoms with van der Waals surface area (Å²) in [6.07, 6.45) is -2.83. The number of pyridine rings is 1. The topological polar surface area (TPSA) is 114 Å². The number of benzene rings is 1. The Morgan fingerprint density at radius 2 is 2.10 bits per heavy atom. The maximum atomic E-state index is 12.9. The third-order valence-corrected chi connectivity index (χ3v) is 5.45. The smallest absolute Gasteiger partial charge is 0.416 e. The van der Waals surface area contributed by atoms with Crippen molar-refractivity contribution in [1.82, 2.24) is 25.6 Å². The number of thioether (sulfide) groups is 1. The van der Waals surface area contributed by atoms with Gasteiger partial charge < -0.3 is 9.84 Å². The van der Waals surface area contributed by atoms with Crippen LogP contribution in [-0.2, 0) is 22.3 Å². The first-order chi connectivity index (χ1) is 14.8. The fraction of sp³-hybridized carbons (Fsp3) is 0.316. The molecule has 12 heteroatoms. The average Bonchev–Trinajstić information content (AvgIpc) is 3.25. The second-order valence-corrected chi connectivity index (χ2v) is 7.92. The molecule has 0 saturated heterocycles. The molecule has 0 amide bonds. The van der Waals surface area contributed by atoms with E-state index in [1.54, 1.807) is 19.1 Å². The van der Waals surface area contributed by atoms with Crippen molar-refractivity contribution in [3.63, 3.8) is 0 Å². The molecule has 3 aromatic rings. The number of aromatic amines is 1. The number of aromatic nitrogens is 5. The molecule has 0 aliphatic heterocycles. The van der Waals surface area contributed by atoms with Crippen molar-refractivity contribution in [3.05, 3.63) is 65.5 Å². The molecule has 0 saturated carbocycles. The number of nitrogens with zero attached hydrogens (tertiary/aromatic N) is 4. The number of hydrogen-bond acceptors (Lipinski definition) is 8. The highest BCUT2D eigenvalue weighted by molar-refractivity contribution is 7.99. The number of esters is 1. The van der Waals surface area contributed by atoms with Crippen LogP contribution in [0.3, 0.4) is 0 Å². The highest BCUT2D eigenvalue weighted by atomic mass is 32.2. The highest BCUT2D eigenvalue weighted by Gasteiger charge is 2.36. The Kier molecular flexibility index (Phi) is 7.23. The number of carbonyl (C=O) groups excluding carboxylic acids is 1. The van der Waals surface area contributed by atoms with E-state index in [1.807, 2.05) is 0 Å². The molecule has 2 aromatic heterocycles. The quantitative estimate of drug-likeness (QED) is 0.395. The van der Waals surface area contributed by atoms with Gasteiger partial charge >= 0.3 is 12.1 Å². The molecule has 31 heavy (non-hydrogen) atoms. The van der Waals surface area contributed by atoms with Crippen LogP contribution in [0.15, 0.2) is 53.9 Å². The summed E-state index contributed by atoms with van der Waals surface area (Å²) in [5, 5.41) is 23.9. The van der Waals surface area contributed by atoms with Crippen molar-refractivity contribution in [2.75, 3.05) is 0 Å². The third kappa shape index (κ3) is 6.01. The van der Waals surface area contributed by atoms with Crippen LogP contribution in [-0.4, -0.2) is 41.9 Å². The van der Waals surface area contributed by atoms with Gasteiger partial charge in [-0.2, -0.15) is 18.4 Å². The van der Waals surface area contributed by atoms with Crippen LogP contribution >= 0.6 is 11.8 Å². The van der Waals surface area contributed by atoms with Gasteiger partial charge in [-0.1, -0.05) is 36.9 Å². The van der Waals surface area contributed by atoms with Crippen molar-refractivity contribution in [3.8, 4) is 0 Å². The predicted octanol–water partition coefficient (Wildman–Crippen LogP) is 3.19. The standard InChI is InChI=1S/C19H18F3N5O3S/c1-11(31-18-24-26-27-25-18)15(16(28)13-5-3-7-23-9-13)17(29)30-10-12-4-2-6-14(8-12)19(20,21)22/h2-9,11,15-16,28H,10H2,1H3,(H,24,25,26,27). The van der Waals surface area contributed by atoms with E-state index >= 15 is 0 Å². The van der Waals surface area contributed by atoms with Gasteiger partial charge in [-0.05, 0) is 34.5 Å². The van der Waals surface area contributed by atoms with Gasteiger partial charge in [-0.3, -0.25) is 9.78 Å². The Morgan fingerprint density at radius 1 is 1.29 bits per heavy atom. The molecular weight excluding hydrogens is 435 g/mol. The number of nitrogens with one attached hydrogen (secondary N) is 1. The summed E-state index contributed by atoms with van der Waals surface area (Å²) in [6, 6.07) is 7.73. The zero-order valence-electron chi connectivity index (χ0n) is 16.2. The lowest BCUT2D eigenvalue weighted by molar-refractivity contribution is -0.154. The first-order valence-corrected chi connectivity index (χ1v) is 9.94. The van der Waals surface area contributed by atoms with E-state index in [2.05, 4.69) is 25.6 Å². The summed E-state index contributed by atoms with van der Waals surface area (Å²) in [6.45, 7) is 1.30. The molecule has 3 unspecified atom stereocenters. The van der Waals surface area contributed by atoms with Crippen LogP contribution in [0.1, 0.15) is 29.7 Å². The van der Waals surface area contributed by atoms with Crippen molar-refractivity contribution in [2.24, 2.45) is 5.92 Å². The predicted molar refractivity (Wildman–Crippen MR) is 103 cm³/mol. The van der Waals surface area contributed by atoms with Crippen molar-refractivity contribution < 1.29 is 27.8 Å². The zero-order chi connectivity index (χ0) is 22.4. The number of rotatable bonds is 8. The molecule has 164 valence electrons. The van der Waals surface area contributed by atoms with Crippen LogP contribution in [0.5, 0.6) is 0 Å². The van der Waals surface area contributed by atoms with E-state index in [1.165, 1.54) is 24.5 Å². The van der Waals surface area contributed by atoms with Gasteiger partial charge in [0.2, 0.25) is 5.16 Å². The number of ether oxygens (including phenoxy) is 1. The molecule has 0 spiro atoms. The molecule has 2 heterocycles. The fourth-order valence-corrected chi connectivity index (χ4v) is 3.79. The van der Waals surface area contributed by atoms with Crippen LogP contribution < -0.4 is 0 Å². The largest absolute Gasteiger partial charge is 0.460 e. The van der Waals surface area contributed by atoms with E-state index in [-0.39, 0.29) is 17.3 Å². The maximum absolute atomic E-state index is 12.9. The minimum atomic E-state index is -4.51. The average molecular weight is 453 g/mol. The number of aliphatic hydroxyl groups is 1. The summed E-state index contributed by atoms with van der Waals surface area (Å²) in [5.41, 5.74) is -0.269. The SMILES string of the molecule is CC(Sc1nn[nH]n1)C(C(=O)OCc1cccc(C(F)(F)F)c1)C(O)c1cccnc1. The molecular formula is C19H18F3N5O3S. The molecule has 0 fully saturated rings. The molecule has 0 aliphatic carbocycles. The zero-order valence-corrected chi connectivity index (χ0v) is 17.0. The third-order valence-electron chi connectivity index (χ3n) is 4.40. The Morgan fingerprint density at radius 3 is 2.74 bits per heavy atom. The van der Waals surface area contributed by atoms with Crippen molar-refractivity contribution in [2.45, 2.75) is 36.2 Å². The number of carbonyl (C=O) groups is 1. The first kappa shape index (κ1) is 22.7. The van der Waals surface area contributed by atoms with Gasteiger partial charge in [0.05, 0.1) is 17.6 Å². The first-order valence-electron chi connectivity index (χ1n) is 9.06. The van der Waals surface area contributed by atoms with E-state index in [0.717, 1.165) is 23.9 Å². The van der Waals surface area contributed by atoms with E-state index < -0.39 is 35.0 Å². The summed E-state index contributed by atoms with van der Waals surface area (Å²) in [7, 11) is 0. The monoisotopic (exact) mass is 453 g/mol. The number of halogens is 3. The van der Waals surface area contributed by atoms with Gasteiger partial charge in [0.1, 0.15) is 6.61 Å². The molecule has 0 bridgehead atoms. The molecule has 3 rings (SSSR count). The molecule has 1 aromatic carbocycles. The van der Waals surface area contributed by atoms with E-state index in [9.17, 15) is 23.1 Å². The lowest BCUT2D eigenvalue weighted by atomic mass is 9.94. The van der Waals surface area contributed by atoms with Gasteiger partial charge in [0.15, 0.2) is 0 Å². The van der Waals surface area contributed by atoms with Gasteiger partial charge in [0, 0.05) is 17.6 Å². The molecule has 3 atom stereocenters. The number of aliphatic hydroxyl groups excluding tert-OH is 1. The molecule has 8 nitrogen and oxygen atoms in total. The summed E-state index contributed by atoms with van der Waals surface area (Å²) in [5.74, 6) is -1.85. The van der Waals surface area contributed by atoms with Gasteiger partial charge in [0.25, 0.3) is 0 Å². The number of hydrogen-bond donors (Lipinski definition) is 2. The molecule has 0 aliphatic rings. The lowest BCUT2D eigenvalue weighted by Gasteiger charge is -2.26. The number of tetrazole rings is 1. The Labute approximate surface area is 179 Å². The molecule has 2 N–H and O–H groups in total. The van der Waals surface area contributed by atoms with E-state index in [0.29, 0.717) is 5.56 Å². The van der Waals surface area contributed by atoms with Crippen LogP contribution in [0.2, 0.25) is 0 Å². The normalized spacial score (nSPS) is 14.6. The summed E-state index contributed by atoms with van der Waals surface area (Å²) >= 11 is 1.09. The molecule has 0 radical (unpaired) electrons. The number of alkyl halides is 3. The maximum Gasteiger partial charge on any atom is 0.416 e. The minimum Gasteiger partial charge on any atom is -0.460 e. The summed E-state index contributed by atoms with van der Waals surface area (Å²) < 4.78 is 44.0.